The number of rotatable bonds is 9. The zero-order valence-corrected chi connectivity index (χ0v) is 24.8. The first kappa shape index (κ1) is 30.1. The van der Waals surface area contributed by atoms with Gasteiger partial charge in [-0.3, -0.25) is 29.1 Å². The molecule has 46 heavy (non-hydrogen) atoms. The summed E-state index contributed by atoms with van der Waals surface area (Å²) in [7, 11) is 2.21. The summed E-state index contributed by atoms with van der Waals surface area (Å²) in [4.78, 5) is 60.5. The Morgan fingerprint density at radius 2 is 1.33 bits per heavy atom. The van der Waals surface area contributed by atoms with Crippen molar-refractivity contribution in [1.29, 1.82) is 0 Å². The average Bonchev–Trinajstić information content (AvgIpc) is 3.34. The highest BCUT2D eigenvalue weighted by molar-refractivity contribution is 6.27. The molecule has 0 saturated carbocycles. The summed E-state index contributed by atoms with van der Waals surface area (Å²) in [6, 6.07) is 27.2. The van der Waals surface area contributed by atoms with Crippen LogP contribution in [-0.2, 0) is 25.6 Å². The second-order valence-electron chi connectivity index (χ2n) is 10.5. The number of methoxy groups -OCH3 is 2. The molecule has 9 nitrogen and oxygen atoms in total. The lowest BCUT2D eigenvalue weighted by atomic mass is 9.87. The normalized spacial score (nSPS) is 12.5. The Morgan fingerprint density at radius 1 is 0.761 bits per heavy atom. The number of carbonyl (C=O) groups is 4. The van der Waals surface area contributed by atoms with Crippen LogP contribution >= 0.6 is 0 Å². The van der Waals surface area contributed by atoms with Gasteiger partial charge in [0.15, 0.2) is 11.7 Å². The number of hydrogen-bond donors (Lipinski definition) is 0. The van der Waals surface area contributed by atoms with Gasteiger partial charge in [0.25, 0.3) is 11.8 Å². The van der Waals surface area contributed by atoms with Crippen LogP contribution in [0.1, 0.15) is 55.0 Å². The van der Waals surface area contributed by atoms with E-state index in [-0.39, 0.29) is 39.9 Å². The molecule has 4 aromatic carbocycles. The van der Waals surface area contributed by atoms with E-state index in [1.807, 2.05) is 60.7 Å². The summed E-state index contributed by atoms with van der Waals surface area (Å²) in [5.74, 6) is -5.68. The molecule has 1 aromatic heterocycles. The Labute approximate surface area is 263 Å². The fourth-order valence-corrected chi connectivity index (χ4v) is 5.69. The highest BCUT2D eigenvalue weighted by atomic mass is 19.1. The van der Waals surface area contributed by atoms with Crippen LogP contribution < -0.4 is 4.74 Å². The third-order valence-electron chi connectivity index (χ3n) is 7.83. The first-order valence-electron chi connectivity index (χ1n) is 14.3. The maximum atomic E-state index is 14.3. The number of ether oxygens (including phenoxy) is 3. The van der Waals surface area contributed by atoms with Gasteiger partial charge in [0.2, 0.25) is 0 Å². The zero-order valence-electron chi connectivity index (χ0n) is 24.8. The van der Waals surface area contributed by atoms with Crippen molar-refractivity contribution in [2.24, 2.45) is 0 Å². The van der Waals surface area contributed by atoms with Crippen LogP contribution in [0.4, 0.5) is 4.39 Å². The minimum Gasteiger partial charge on any atom is -0.478 e. The molecule has 0 bridgehead atoms. The van der Waals surface area contributed by atoms with Crippen molar-refractivity contribution in [2.75, 3.05) is 14.2 Å². The second-order valence-corrected chi connectivity index (χ2v) is 10.5. The van der Waals surface area contributed by atoms with Gasteiger partial charge in [-0.05, 0) is 34.9 Å². The SMILES string of the molecule is COC(=O)C(C(=O)OC)c1c2c(c(OC(c3ccccc3)c3ccccc3)c3ncccc13)C(=O)N(Cc1ccc(F)cc1)C2=O. The number of pyridine rings is 1. The van der Waals surface area contributed by atoms with Crippen molar-refractivity contribution in [2.45, 2.75) is 18.6 Å². The smallest absolute Gasteiger partial charge is 0.324 e. The molecule has 6 rings (SSSR count). The van der Waals surface area contributed by atoms with Crippen molar-refractivity contribution < 1.29 is 37.8 Å². The number of benzene rings is 4. The Balaban J connectivity index is 1.64. The minimum atomic E-state index is -1.72. The van der Waals surface area contributed by atoms with Crippen LogP contribution in [0.5, 0.6) is 5.75 Å². The number of amides is 2. The third kappa shape index (κ3) is 5.34. The predicted octanol–water partition coefficient (Wildman–Crippen LogP) is 5.77. The molecule has 0 atom stereocenters. The van der Waals surface area contributed by atoms with Crippen molar-refractivity contribution in [3.63, 3.8) is 0 Å². The molecule has 5 aromatic rings. The standard InChI is InChI=1S/C36H27FN2O7/c1-44-35(42)29(36(43)45-2)26-25-14-9-19-38-30(25)32(46-31(22-10-5-3-6-11-22)23-12-7-4-8-13-23)28-27(26)33(40)39(34(28)41)20-21-15-17-24(37)18-16-21/h3-19,29,31H,20H2,1-2H3. The van der Waals surface area contributed by atoms with Crippen molar-refractivity contribution in [1.82, 2.24) is 9.88 Å². The molecule has 2 amide bonds. The molecule has 0 radical (unpaired) electrons. The summed E-state index contributed by atoms with van der Waals surface area (Å²) in [5.41, 5.74) is 1.70. The first-order chi connectivity index (χ1) is 22.3. The molecule has 230 valence electrons. The molecule has 1 aliphatic rings. The van der Waals surface area contributed by atoms with Gasteiger partial charge in [-0.25, -0.2) is 4.39 Å². The lowest BCUT2D eigenvalue weighted by molar-refractivity contribution is -0.154. The average molecular weight is 619 g/mol. The number of nitrogens with zero attached hydrogens (tertiary/aromatic N) is 2. The van der Waals surface area contributed by atoms with E-state index in [9.17, 15) is 23.6 Å². The quantitative estimate of drug-likeness (QED) is 0.116. The highest BCUT2D eigenvalue weighted by Gasteiger charge is 2.47. The highest BCUT2D eigenvalue weighted by Crippen LogP contribution is 2.46. The van der Waals surface area contributed by atoms with Gasteiger partial charge in [-0.15, -0.1) is 0 Å². The van der Waals surface area contributed by atoms with Gasteiger partial charge in [-0.2, -0.15) is 0 Å². The van der Waals surface area contributed by atoms with Gasteiger partial charge in [-0.1, -0.05) is 78.9 Å². The van der Waals surface area contributed by atoms with E-state index in [1.54, 1.807) is 12.1 Å². The van der Waals surface area contributed by atoms with E-state index in [0.29, 0.717) is 5.56 Å². The zero-order chi connectivity index (χ0) is 32.4. The Morgan fingerprint density at radius 3 is 1.89 bits per heavy atom. The number of esters is 2. The molecule has 0 saturated heterocycles. The molecular formula is C36H27FN2O7. The van der Waals surface area contributed by atoms with E-state index < -0.39 is 41.6 Å². The van der Waals surface area contributed by atoms with Crippen LogP contribution in [0, 0.1) is 5.82 Å². The number of imide groups is 1. The summed E-state index contributed by atoms with van der Waals surface area (Å²) in [5, 5.41) is 0.224. The van der Waals surface area contributed by atoms with Crippen LogP contribution in [0.25, 0.3) is 10.9 Å². The largest absolute Gasteiger partial charge is 0.478 e. The molecule has 0 fully saturated rings. The van der Waals surface area contributed by atoms with Crippen molar-refractivity contribution in [3.8, 4) is 5.75 Å². The minimum absolute atomic E-state index is 0.000457. The summed E-state index contributed by atoms with van der Waals surface area (Å²) < 4.78 is 30.4. The fourth-order valence-electron chi connectivity index (χ4n) is 5.69. The molecule has 0 aliphatic carbocycles. The molecule has 0 unspecified atom stereocenters. The lowest BCUT2D eigenvalue weighted by Gasteiger charge is -2.24. The Bertz CT molecular complexity index is 1910. The van der Waals surface area contributed by atoms with E-state index in [2.05, 4.69) is 4.98 Å². The summed E-state index contributed by atoms with van der Waals surface area (Å²) in [6.45, 7) is -0.211. The fraction of sp³-hybridized carbons (Fsp3) is 0.139. The van der Waals surface area contributed by atoms with Crippen LogP contribution in [-0.4, -0.2) is 47.9 Å². The van der Waals surface area contributed by atoms with Gasteiger partial charge < -0.3 is 14.2 Å². The number of carbonyl (C=O) groups excluding carboxylic acids is 4. The van der Waals surface area contributed by atoms with E-state index in [4.69, 9.17) is 14.2 Å². The van der Waals surface area contributed by atoms with Crippen molar-refractivity contribution in [3.05, 3.63) is 142 Å². The predicted molar refractivity (Wildman–Crippen MR) is 164 cm³/mol. The Kier molecular flexibility index (Phi) is 8.26. The second kappa shape index (κ2) is 12.6. The summed E-state index contributed by atoms with van der Waals surface area (Å²) >= 11 is 0. The lowest BCUT2D eigenvalue weighted by Crippen LogP contribution is -2.30. The number of hydrogen-bond acceptors (Lipinski definition) is 8. The van der Waals surface area contributed by atoms with Gasteiger partial charge >= 0.3 is 11.9 Å². The number of halogens is 1. The van der Waals surface area contributed by atoms with E-state index in [1.165, 1.54) is 30.5 Å². The van der Waals surface area contributed by atoms with Crippen LogP contribution in [0.3, 0.4) is 0 Å². The Hall–Kier alpha value is -5.90. The van der Waals surface area contributed by atoms with Crippen LogP contribution in [0.15, 0.2) is 103 Å². The molecule has 10 heteroatoms. The van der Waals surface area contributed by atoms with Crippen molar-refractivity contribution >= 4 is 34.7 Å². The molecule has 0 N–H and O–H groups in total. The van der Waals surface area contributed by atoms with Gasteiger partial charge in [0, 0.05) is 17.1 Å². The number of aromatic nitrogens is 1. The molecule has 0 spiro atoms. The monoisotopic (exact) mass is 618 g/mol. The maximum Gasteiger partial charge on any atom is 0.324 e. The molecule has 2 heterocycles. The topological polar surface area (TPSA) is 112 Å². The molecular weight excluding hydrogens is 591 g/mol. The van der Waals surface area contributed by atoms with Gasteiger partial charge in [0.05, 0.1) is 31.9 Å². The summed E-state index contributed by atoms with van der Waals surface area (Å²) in [6.07, 6.45) is 0.738. The molecule has 1 aliphatic heterocycles. The van der Waals surface area contributed by atoms with E-state index in [0.717, 1.165) is 30.2 Å². The van der Waals surface area contributed by atoms with Gasteiger partial charge in [0.1, 0.15) is 17.4 Å². The first-order valence-corrected chi connectivity index (χ1v) is 14.3. The third-order valence-corrected chi connectivity index (χ3v) is 7.83. The van der Waals surface area contributed by atoms with E-state index >= 15 is 0 Å². The maximum absolute atomic E-state index is 14.3. The number of fused-ring (bicyclic) bond motifs is 2. The van der Waals surface area contributed by atoms with Crippen LogP contribution in [0.2, 0.25) is 0 Å².